The fraction of sp³-hybridized carbons (Fsp3) is 0.286. The average molecular weight is 281 g/mol. The summed E-state index contributed by atoms with van der Waals surface area (Å²) >= 11 is 11.4. The lowest BCUT2D eigenvalue weighted by molar-refractivity contribution is -0.0957. The highest BCUT2D eigenvalue weighted by Gasteiger charge is 2.49. The number of hydrogen-bond donors (Lipinski definition) is 0. The Balaban J connectivity index is 3.10. The average Bonchev–Trinajstić information content (AvgIpc) is 2.43. The maximum absolute atomic E-state index is 12.6. The quantitative estimate of drug-likeness (QED) is 0.601. The SMILES string of the molecule is O=C(c1cc(Cl)sc1Cl)C(F)(F)C(F)F. The van der Waals surface area contributed by atoms with Gasteiger partial charge in [0.25, 0.3) is 0 Å². The van der Waals surface area contributed by atoms with Crippen LogP contribution in [-0.2, 0) is 0 Å². The molecule has 1 heterocycles. The van der Waals surface area contributed by atoms with Crippen LogP contribution in [0.4, 0.5) is 17.6 Å². The van der Waals surface area contributed by atoms with E-state index in [0.29, 0.717) is 11.3 Å². The van der Waals surface area contributed by atoms with E-state index in [-0.39, 0.29) is 8.67 Å². The maximum Gasteiger partial charge on any atom is 0.368 e. The van der Waals surface area contributed by atoms with E-state index in [1.165, 1.54) is 0 Å². The van der Waals surface area contributed by atoms with Crippen LogP contribution in [0, 0.1) is 0 Å². The van der Waals surface area contributed by atoms with Gasteiger partial charge in [-0.15, -0.1) is 11.3 Å². The zero-order valence-corrected chi connectivity index (χ0v) is 9.07. The highest BCUT2D eigenvalue weighted by molar-refractivity contribution is 7.20. The van der Waals surface area contributed by atoms with Crippen LogP contribution in [0.15, 0.2) is 6.07 Å². The van der Waals surface area contributed by atoms with Crippen LogP contribution in [0.5, 0.6) is 0 Å². The number of thiophene rings is 1. The normalized spacial score (nSPS) is 12.2. The topological polar surface area (TPSA) is 17.1 Å². The molecular weight excluding hydrogens is 279 g/mol. The third-order valence-electron chi connectivity index (χ3n) is 1.48. The summed E-state index contributed by atoms with van der Waals surface area (Å²) in [5, 5.41) is 0. The van der Waals surface area contributed by atoms with E-state index >= 15 is 0 Å². The van der Waals surface area contributed by atoms with Gasteiger partial charge < -0.3 is 0 Å². The van der Waals surface area contributed by atoms with Crippen LogP contribution in [0.25, 0.3) is 0 Å². The smallest absolute Gasteiger partial charge is 0.287 e. The van der Waals surface area contributed by atoms with Crippen molar-refractivity contribution in [3.8, 4) is 0 Å². The lowest BCUT2D eigenvalue weighted by atomic mass is 10.1. The second-order valence-corrected chi connectivity index (χ2v) is 4.78. The Morgan fingerprint density at radius 3 is 2.27 bits per heavy atom. The van der Waals surface area contributed by atoms with Crippen molar-refractivity contribution in [1.29, 1.82) is 0 Å². The predicted molar refractivity (Wildman–Crippen MR) is 49.6 cm³/mol. The van der Waals surface area contributed by atoms with Crippen LogP contribution >= 0.6 is 34.5 Å². The molecule has 0 aliphatic heterocycles. The summed E-state index contributed by atoms with van der Waals surface area (Å²) in [7, 11) is 0. The lowest BCUT2D eigenvalue weighted by Gasteiger charge is -2.12. The molecule has 0 unspecified atom stereocenters. The Bertz CT molecular complexity index is 390. The third kappa shape index (κ3) is 2.43. The number of ketones is 1. The van der Waals surface area contributed by atoms with E-state index in [9.17, 15) is 22.4 Å². The zero-order chi connectivity index (χ0) is 11.8. The van der Waals surface area contributed by atoms with E-state index < -0.39 is 23.7 Å². The second kappa shape index (κ2) is 4.27. The first kappa shape index (κ1) is 12.7. The Morgan fingerprint density at radius 1 is 1.40 bits per heavy atom. The molecule has 0 saturated carbocycles. The van der Waals surface area contributed by atoms with Crippen LogP contribution in [0.3, 0.4) is 0 Å². The zero-order valence-electron chi connectivity index (χ0n) is 6.74. The Labute approximate surface area is 95.6 Å². The largest absolute Gasteiger partial charge is 0.368 e. The van der Waals surface area contributed by atoms with Gasteiger partial charge in [0.2, 0.25) is 5.78 Å². The van der Waals surface area contributed by atoms with Crippen molar-refractivity contribution in [3.63, 3.8) is 0 Å². The first-order valence-corrected chi connectivity index (χ1v) is 4.99. The van der Waals surface area contributed by atoms with Crippen LogP contribution in [-0.4, -0.2) is 18.1 Å². The Kier molecular flexibility index (Phi) is 3.63. The molecule has 0 amide bonds. The summed E-state index contributed by atoms with van der Waals surface area (Å²) in [6, 6.07) is 0.840. The van der Waals surface area contributed by atoms with Crippen molar-refractivity contribution in [2.75, 3.05) is 0 Å². The molecule has 0 bridgehead atoms. The highest BCUT2D eigenvalue weighted by atomic mass is 35.5. The van der Waals surface area contributed by atoms with Crippen LogP contribution < -0.4 is 0 Å². The van der Waals surface area contributed by atoms with Gasteiger partial charge in [0, 0.05) is 0 Å². The lowest BCUT2D eigenvalue weighted by Crippen LogP contribution is -2.36. The summed E-state index contributed by atoms with van der Waals surface area (Å²) < 4.78 is 48.6. The first-order valence-electron chi connectivity index (χ1n) is 3.42. The van der Waals surface area contributed by atoms with Crippen molar-refractivity contribution in [2.24, 2.45) is 0 Å². The van der Waals surface area contributed by atoms with E-state index in [0.717, 1.165) is 6.07 Å². The fourth-order valence-corrected chi connectivity index (χ4v) is 2.23. The van der Waals surface area contributed by atoms with Crippen molar-refractivity contribution in [3.05, 3.63) is 20.3 Å². The van der Waals surface area contributed by atoms with Gasteiger partial charge in [-0.2, -0.15) is 8.78 Å². The molecule has 1 aromatic heterocycles. The Hall–Kier alpha value is -0.330. The number of carbonyl (C=O) groups is 1. The van der Waals surface area contributed by atoms with Gasteiger partial charge in [0.1, 0.15) is 4.34 Å². The molecule has 0 saturated heterocycles. The number of hydrogen-bond acceptors (Lipinski definition) is 2. The van der Waals surface area contributed by atoms with Gasteiger partial charge in [-0.05, 0) is 6.07 Å². The summed E-state index contributed by atoms with van der Waals surface area (Å²) in [6.45, 7) is 0. The third-order valence-corrected chi connectivity index (χ3v) is 2.97. The molecule has 1 nitrogen and oxygen atoms in total. The van der Waals surface area contributed by atoms with Crippen LogP contribution in [0.1, 0.15) is 10.4 Å². The molecule has 8 heteroatoms. The number of rotatable bonds is 3. The molecule has 0 fully saturated rings. The van der Waals surface area contributed by atoms with E-state index in [2.05, 4.69) is 0 Å². The minimum absolute atomic E-state index is 0.0200. The minimum atomic E-state index is -4.74. The molecule has 0 aromatic carbocycles. The highest BCUT2D eigenvalue weighted by Crippen LogP contribution is 2.36. The molecule has 15 heavy (non-hydrogen) atoms. The molecular formula is C7H2Cl2F4OS. The number of alkyl halides is 4. The second-order valence-electron chi connectivity index (χ2n) is 2.49. The van der Waals surface area contributed by atoms with Crippen molar-refractivity contribution >= 4 is 40.3 Å². The van der Waals surface area contributed by atoms with Gasteiger partial charge in [-0.25, -0.2) is 8.78 Å². The van der Waals surface area contributed by atoms with Gasteiger partial charge in [0.05, 0.1) is 9.90 Å². The maximum atomic E-state index is 12.6. The molecule has 0 aliphatic rings. The monoisotopic (exact) mass is 280 g/mol. The minimum Gasteiger partial charge on any atom is -0.287 e. The summed E-state index contributed by atoms with van der Waals surface area (Å²) in [6.07, 6.45) is -4.07. The van der Waals surface area contributed by atoms with E-state index in [1.807, 2.05) is 0 Å². The van der Waals surface area contributed by atoms with Crippen molar-refractivity contribution < 1.29 is 22.4 Å². The Morgan fingerprint density at radius 2 is 1.93 bits per heavy atom. The van der Waals surface area contributed by atoms with Crippen molar-refractivity contribution in [1.82, 2.24) is 0 Å². The number of Topliss-reactive ketones (excluding diaryl/α,β-unsaturated/α-hetero) is 1. The molecule has 1 aromatic rings. The predicted octanol–water partition coefficient (Wildman–Crippen LogP) is 4.14. The molecule has 0 atom stereocenters. The molecule has 84 valence electrons. The summed E-state index contributed by atoms with van der Waals surface area (Å²) in [5.41, 5.74) is -0.683. The van der Waals surface area contributed by atoms with E-state index in [1.54, 1.807) is 0 Å². The molecule has 0 aliphatic carbocycles. The van der Waals surface area contributed by atoms with Gasteiger partial charge >= 0.3 is 12.3 Å². The summed E-state index contributed by atoms with van der Waals surface area (Å²) in [5.74, 6) is -6.76. The van der Waals surface area contributed by atoms with Gasteiger partial charge in [-0.1, -0.05) is 23.2 Å². The van der Waals surface area contributed by atoms with Gasteiger partial charge in [-0.3, -0.25) is 4.79 Å². The standard InChI is InChI=1S/C7H2Cl2F4OS/c8-3-1-2(5(9)15-3)4(14)7(12,13)6(10)11/h1,6H. The molecule has 1 rings (SSSR count). The fourth-order valence-electron chi connectivity index (χ4n) is 0.774. The number of halogens is 6. The molecule has 0 N–H and O–H groups in total. The molecule has 0 spiro atoms. The van der Waals surface area contributed by atoms with Crippen molar-refractivity contribution in [2.45, 2.75) is 12.3 Å². The number of carbonyl (C=O) groups excluding carboxylic acids is 1. The van der Waals surface area contributed by atoms with E-state index in [4.69, 9.17) is 23.2 Å². The van der Waals surface area contributed by atoms with Crippen LogP contribution in [0.2, 0.25) is 8.67 Å². The molecule has 0 radical (unpaired) electrons. The van der Waals surface area contributed by atoms with Gasteiger partial charge in [0.15, 0.2) is 0 Å². The first-order chi connectivity index (χ1) is 6.76. The summed E-state index contributed by atoms with van der Waals surface area (Å²) in [4.78, 5) is 11.0.